The fraction of sp³-hybridized carbons (Fsp3) is 0.500. The number of nitrogens with one attached hydrogen (secondary N) is 1. The first-order valence-corrected chi connectivity index (χ1v) is 6.52. The number of carbonyl (C=O) groups is 1. The minimum Gasteiger partial charge on any atom is -0.397 e. The van der Waals surface area contributed by atoms with Gasteiger partial charge in [0.2, 0.25) is 5.91 Å². The lowest BCUT2D eigenvalue weighted by molar-refractivity contribution is -0.117. The summed E-state index contributed by atoms with van der Waals surface area (Å²) in [5.74, 6) is 0.802. The number of nitrogens with zero attached hydrogens (tertiary/aromatic N) is 1. The van der Waals surface area contributed by atoms with Crippen LogP contribution in [0.3, 0.4) is 0 Å². The van der Waals surface area contributed by atoms with Crippen molar-refractivity contribution in [2.75, 3.05) is 30.7 Å². The molecule has 1 aromatic carbocycles. The van der Waals surface area contributed by atoms with Gasteiger partial charge in [-0.25, -0.2) is 0 Å². The van der Waals surface area contributed by atoms with Crippen LogP contribution in [0.2, 0.25) is 0 Å². The van der Waals surface area contributed by atoms with Gasteiger partial charge >= 0.3 is 0 Å². The van der Waals surface area contributed by atoms with Gasteiger partial charge in [-0.2, -0.15) is 0 Å². The number of benzene rings is 1. The van der Waals surface area contributed by atoms with E-state index in [4.69, 9.17) is 5.73 Å². The molecule has 1 saturated heterocycles. The number of hydrogen-bond acceptors (Lipinski definition) is 3. The van der Waals surface area contributed by atoms with E-state index in [1.807, 2.05) is 18.2 Å². The van der Waals surface area contributed by atoms with Crippen molar-refractivity contribution in [3.05, 3.63) is 24.3 Å². The third-order valence-corrected chi connectivity index (χ3v) is 3.48. The molecule has 4 nitrogen and oxygen atoms in total. The molecule has 0 saturated carbocycles. The van der Waals surface area contributed by atoms with Crippen LogP contribution in [0.5, 0.6) is 0 Å². The van der Waals surface area contributed by atoms with Crippen molar-refractivity contribution < 1.29 is 4.79 Å². The van der Waals surface area contributed by atoms with Gasteiger partial charge in [0.25, 0.3) is 0 Å². The van der Waals surface area contributed by atoms with E-state index >= 15 is 0 Å². The molecule has 1 aliphatic rings. The molecule has 0 aromatic heterocycles. The molecule has 1 fully saturated rings. The van der Waals surface area contributed by atoms with E-state index < -0.39 is 0 Å². The maximum absolute atomic E-state index is 11.9. The molecule has 0 bridgehead atoms. The van der Waals surface area contributed by atoms with Gasteiger partial charge < -0.3 is 11.1 Å². The highest BCUT2D eigenvalue weighted by atomic mass is 16.2. The molecule has 18 heavy (non-hydrogen) atoms. The second-order valence-electron chi connectivity index (χ2n) is 5.09. The average molecular weight is 247 g/mol. The third kappa shape index (κ3) is 3.47. The fourth-order valence-corrected chi connectivity index (χ4v) is 2.22. The van der Waals surface area contributed by atoms with Gasteiger partial charge in [0.1, 0.15) is 0 Å². The van der Waals surface area contributed by atoms with Crippen molar-refractivity contribution in [1.82, 2.24) is 4.90 Å². The monoisotopic (exact) mass is 247 g/mol. The highest BCUT2D eigenvalue weighted by Gasteiger charge is 2.18. The first-order chi connectivity index (χ1) is 8.65. The summed E-state index contributed by atoms with van der Waals surface area (Å²) >= 11 is 0. The maximum atomic E-state index is 11.9. The summed E-state index contributed by atoms with van der Waals surface area (Å²) in [6.07, 6.45) is 2.36. The van der Waals surface area contributed by atoms with Crippen LogP contribution in [-0.4, -0.2) is 30.4 Å². The van der Waals surface area contributed by atoms with E-state index in [9.17, 15) is 4.79 Å². The summed E-state index contributed by atoms with van der Waals surface area (Å²) in [6, 6.07) is 7.34. The fourth-order valence-electron chi connectivity index (χ4n) is 2.22. The van der Waals surface area contributed by atoms with Crippen LogP contribution in [0, 0.1) is 5.92 Å². The van der Waals surface area contributed by atoms with Gasteiger partial charge in [-0.3, -0.25) is 9.69 Å². The van der Waals surface area contributed by atoms with Gasteiger partial charge in [0.05, 0.1) is 17.9 Å². The Labute approximate surface area is 108 Å². The Kier molecular flexibility index (Phi) is 4.20. The normalized spacial score (nSPS) is 17.6. The van der Waals surface area contributed by atoms with Gasteiger partial charge in [0, 0.05) is 0 Å². The van der Waals surface area contributed by atoms with Crippen LogP contribution in [0.15, 0.2) is 24.3 Å². The highest BCUT2D eigenvalue weighted by Crippen LogP contribution is 2.18. The smallest absolute Gasteiger partial charge is 0.238 e. The molecule has 3 N–H and O–H groups in total. The minimum absolute atomic E-state index is 0.0162. The largest absolute Gasteiger partial charge is 0.397 e. The van der Waals surface area contributed by atoms with Crippen molar-refractivity contribution in [2.45, 2.75) is 19.8 Å². The predicted octanol–water partition coefficient (Wildman–Crippen LogP) is 1.94. The molecule has 4 heteroatoms. The lowest BCUT2D eigenvalue weighted by Gasteiger charge is -2.29. The van der Waals surface area contributed by atoms with Crippen molar-refractivity contribution >= 4 is 17.3 Å². The number of rotatable bonds is 3. The summed E-state index contributed by atoms with van der Waals surface area (Å²) in [6.45, 7) is 4.75. The number of nitrogens with two attached hydrogens (primary N) is 1. The Morgan fingerprint density at radius 3 is 2.72 bits per heavy atom. The first kappa shape index (κ1) is 12.9. The Balaban J connectivity index is 1.84. The molecule has 1 aliphatic heterocycles. The summed E-state index contributed by atoms with van der Waals surface area (Å²) in [4.78, 5) is 14.1. The number of likely N-dealkylation sites (tertiary alicyclic amines) is 1. The van der Waals surface area contributed by atoms with Crippen LogP contribution in [0.1, 0.15) is 19.8 Å². The van der Waals surface area contributed by atoms with Gasteiger partial charge in [0.15, 0.2) is 0 Å². The predicted molar refractivity (Wildman–Crippen MR) is 74.3 cm³/mol. The lowest BCUT2D eigenvalue weighted by atomic mass is 9.99. The van der Waals surface area contributed by atoms with Gasteiger partial charge in [-0.05, 0) is 44.0 Å². The van der Waals surface area contributed by atoms with Crippen molar-refractivity contribution in [1.29, 1.82) is 0 Å². The number of hydrogen-bond donors (Lipinski definition) is 2. The zero-order chi connectivity index (χ0) is 13.0. The lowest BCUT2D eigenvalue weighted by Crippen LogP contribution is -2.38. The van der Waals surface area contributed by atoms with Crippen molar-refractivity contribution in [3.8, 4) is 0 Å². The second-order valence-corrected chi connectivity index (χ2v) is 5.09. The van der Waals surface area contributed by atoms with E-state index in [0.717, 1.165) is 19.0 Å². The SMILES string of the molecule is CC1CCN(CC(=O)Nc2ccccc2N)CC1. The number of piperidine rings is 1. The van der Waals surface area contributed by atoms with Crippen LogP contribution in [0.4, 0.5) is 11.4 Å². The molecule has 0 aliphatic carbocycles. The summed E-state index contributed by atoms with van der Waals surface area (Å²) in [7, 11) is 0. The molecule has 1 aromatic rings. The van der Waals surface area contributed by atoms with E-state index in [1.54, 1.807) is 6.07 Å². The Morgan fingerprint density at radius 1 is 1.39 bits per heavy atom. The average Bonchev–Trinajstić information content (AvgIpc) is 2.35. The Morgan fingerprint density at radius 2 is 2.06 bits per heavy atom. The molecule has 1 amide bonds. The minimum atomic E-state index is 0.0162. The second kappa shape index (κ2) is 5.87. The molecule has 0 unspecified atom stereocenters. The molecule has 0 radical (unpaired) electrons. The molecule has 0 atom stereocenters. The van der Waals surface area contributed by atoms with Crippen molar-refractivity contribution in [2.24, 2.45) is 5.92 Å². The number of amides is 1. The topological polar surface area (TPSA) is 58.4 Å². The highest BCUT2D eigenvalue weighted by molar-refractivity contribution is 5.95. The van der Waals surface area contributed by atoms with Crippen LogP contribution < -0.4 is 11.1 Å². The Bertz CT molecular complexity index is 411. The maximum Gasteiger partial charge on any atom is 0.238 e. The quantitative estimate of drug-likeness (QED) is 0.802. The van der Waals surface area contributed by atoms with Crippen LogP contribution in [-0.2, 0) is 4.79 Å². The van der Waals surface area contributed by atoms with E-state index in [2.05, 4.69) is 17.1 Å². The number of nitrogen functional groups attached to an aromatic ring is 1. The van der Waals surface area contributed by atoms with Gasteiger partial charge in [-0.15, -0.1) is 0 Å². The van der Waals surface area contributed by atoms with E-state index in [1.165, 1.54) is 12.8 Å². The summed E-state index contributed by atoms with van der Waals surface area (Å²) < 4.78 is 0. The van der Waals surface area contributed by atoms with Crippen LogP contribution >= 0.6 is 0 Å². The molecular weight excluding hydrogens is 226 g/mol. The number of anilines is 2. The van der Waals surface area contributed by atoms with Crippen molar-refractivity contribution in [3.63, 3.8) is 0 Å². The summed E-state index contributed by atoms with van der Waals surface area (Å²) in [5, 5.41) is 2.86. The zero-order valence-electron chi connectivity index (χ0n) is 10.9. The zero-order valence-corrected chi connectivity index (χ0v) is 10.9. The molecule has 0 spiro atoms. The molecule has 98 valence electrons. The number of carbonyl (C=O) groups excluding carboxylic acids is 1. The molecule has 1 heterocycles. The third-order valence-electron chi connectivity index (χ3n) is 3.48. The van der Waals surface area contributed by atoms with Crippen LogP contribution in [0.25, 0.3) is 0 Å². The Hall–Kier alpha value is -1.55. The first-order valence-electron chi connectivity index (χ1n) is 6.52. The van der Waals surface area contributed by atoms with Gasteiger partial charge in [-0.1, -0.05) is 19.1 Å². The van der Waals surface area contributed by atoms with E-state index in [0.29, 0.717) is 17.9 Å². The molecular formula is C14H21N3O. The standard InChI is InChI=1S/C14H21N3O/c1-11-6-8-17(9-7-11)10-14(18)16-13-5-3-2-4-12(13)15/h2-5,11H,6-10,15H2,1H3,(H,16,18). The summed E-state index contributed by atoms with van der Waals surface area (Å²) in [5.41, 5.74) is 7.10. The molecule has 2 rings (SSSR count). The van der Waals surface area contributed by atoms with E-state index in [-0.39, 0.29) is 5.91 Å². The number of para-hydroxylation sites is 2.